The number of carbonyl (C=O) groups is 1. The van der Waals surface area contributed by atoms with E-state index in [0.717, 1.165) is 5.56 Å². The summed E-state index contributed by atoms with van der Waals surface area (Å²) in [6.07, 6.45) is -1.91. The van der Waals surface area contributed by atoms with Crippen molar-refractivity contribution in [3.05, 3.63) is 35.9 Å². The number of ketones is 1. The summed E-state index contributed by atoms with van der Waals surface area (Å²) in [5, 5.41) is 9.61. The Bertz CT molecular complexity index is 539. The highest BCUT2D eigenvalue weighted by Gasteiger charge is 2.45. The highest BCUT2D eigenvalue weighted by molar-refractivity contribution is 6.84. The van der Waals surface area contributed by atoms with Crippen molar-refractivity contribution in [3.8, 4) is 11.5 Å². The van der Waals surface area contributed by atoms with Crippen molar-refractivity contribution < 1.29 is 18.7 Å². The van der Waals surface area contributed by atoms with Crippen molar-refractivity contribution in [2.75, 3.05) is 0 Å². The van der Waals surface area contributed by atoms with Gasteiger partial charge in [-0.2, -0.15) is 8.78 Å². The Hall–Kier alpha value is -1.51. The molecule has 1 aromatic rings. The molecular weight excluding hydrogens is 290 g/mol. The first-order valence-electron chi connectivity index (χ1n) is 6.80. The second-order valence-corrected chi connectivity index (χ2v) is 10.7. The fourth-order valence-corrected chi connectivity index (χ4v) is 2.10. The number of aryl methyl sites for hydroxylation is 1. The number of carbonyl (C=O) groups excluding carboxylic acids is 1. The number of hydrogen-bond acceptors (Lipinski definition) is 2. The van der Waals surface area contributed by atoms with Crippen molar-refractivity contribution in [3.63, 3.8) is 0 Å². The van der Waals surface area contributed by atoms with Gasteiger partial charge in [0.15, 0.2) is 0 Å². The Balaban J connectivity index is 2.68. The summed E-state index contributed by atoms with van der Waals surface area (Å²) in [5.41, 5.74) is 3.45. The van der Waals surface area contributed by atoms with Crippen LogP contribution in [-0.4, -0.2) is 31.0 Å². The lowest BCUT2D eigenvalue weighted by molar-refractivity contribution is -0.155. The molecule has 114 valence electrons. The number of hydrogen-bond donors (Lipinski definition) is 1. The molecule has 0 bridgehead atoms. The van der Waals surface area contributed by atoms with E-state index in [-0.39, 0.29) is 12.8 Å². The average molecular weight is 310 g/mol. The summed E-state index contributed by atoms with van der Waals surface area (Å²) in [5.74, 6) is -3.31. The summed E-state index contributed by atoms with van der Waals surface area (Å²) >= 11 is 0. The smallest absolute Gasteiger partial charge is 0.342 e. The molecule has 0 aliphatic rings. The molecule has 21 heavy (non-hydrogen) atoms. The van der Waals surface area contributed by atoms with Crippen LogP contribution in [0.15, 0.2) is 30.3 Å². The Morgan fingerprint density at radius 3 is 2.38 bits per heavy atom. The second kappa shape index (κ2) is 6.97. The first-order valence-corrected chi connectivity index (χ1v) is 10.3. The van der Waals surface area contributed by atoms with Gasteiger partial charge in [0, 0.05) is 0 Å². The third-order valence-corrected chi connectivity index (χ3v) is 3.70. The van der Waals surface area contributed by atoms with Crippen LogP contribution in [0.25, 0.3) is 0 Å². The number of halogens is 2. The molecule has 0 saturated heterocycles. The Labute approximate surface area is 125 Å². The van der Waals surface area contributed by atoms with Gasteiger partial charge in [0.2, 0.25) is 0 Å². The number of Topliss-reactive ketones (excluding diaryl/α,β-unsaturated/α-hetero) is 1. The van der Waals surface area contributed by atoms with Crippen LogP contribution in [-0.2, 0) is 11.2 Å². The molecule has 0 aliphatic heterocycles. The van der Waals surface area contributed by atoms with Crippen LogP contribution in [0.2, 0.25) is 19.6 Å². The highest BCUT2D eigenvalue weighted by atomic mass is 28.3. The van der Waals surface area contributed by atoms with Crippen molar-refractivity contribution in [1.82, 2.24) is 0 Å². The molecule has 1 N–H and O–H groups in total. The molecular formula is C16H20F2O2Si. The maximum atomic E-state index is 13.8. The summed E-state index contributed by atoms with van der Waals surface area (Å²) < 4.78 is 27.6. The predicted molar refractivity (Wildman–Crippen MR) is 81.8 cm³/mol. The quantitative estimate of drug-likeness (QED) is 0.670. The largest absolute Gasteiger partial charge is 0.386 e. The van der Waals surface area contributed by atoms with Gasteiger partial charge >= 0.3 is 5.92 Å². The lowest BCUT2D eigenvalue weighted by atomic mass is 10.0. The van der Waals surface area contributed by atoms with Crippen molar-refractivity contribution in [1.29, 1.82) is 0 Å². The Morgan fingerprint density at radius 2 is 1.86 bits per heavy atom. The average Bonchev–Trinajstić information content (AvgIpc) is 2.42. The van der Waals surface area contributed by atoms with E-state index in [1.54, 1.807) is 24.3 Å². The maximum Gasteiger partial charge on any atom is 0.342 e. The zero-order chi connectivity index (χ0) is 16.1. The third kappa shape index (κ3) is 5.78. The van der Waals surface area contributed by atoms with Gasteiger partial charge in [-0.25, -0.2) is 0 Å². The molecule has 1 atom stereocenters. The zero-order valence-corrected chi connectivity index (χ0v) is 13.5. The van der Waals surface area contributed by atoms with Gasteiger partial charge in [0.25, 0.3) is 5.78 Å². The molecule has 5 heteroatoms. The van der Waals surface area contributed by atoms with E-state index in [9.17, 15) is 18.7 Å². The monoisotopic (exact) mass is 310 g/mol. The van der Waals surface area contributed by atoms with E-state index < -0.39 is 25.9 Å². The van der Waals surface area contributed by atoms with E-state index in [1.807, 2.05) is 31.6 Å². The minimum absolute atomic E-state index is 0.183. The maximum absolute atomic E-state index is 13.8. The van der Waals surface area contributed by atoms with Gasteiger partial charge < -0.3 is 5.11 Å². The molecule has 0 aromatic heterocycles. The minimum atomic E-state index is -3.82. The molecule has 0 radical (unpaired) electrons. The molecule has 1 rings (SSSR count). The number of aliphatic hydroxyl groups is 1. The van der Waals surface area contributed by atoms with Crippen LogP contribution >= 0.6 is 0 Å². The van der Waals surface area contributed by atoms with Crippen LogP contribution in [0.4, 0.5) is 8.78 Å². The van der Waals surface area contributed by atoms with Crippen LogP contribution < -0.4 is 0 Å². The summed E-state index contributed by atoms with van der Waals surface area (Å²) in [7, 11) is -1.90. The van der Waals surface area contributed by atoms with E-state index in [2.05, 4.69) is 5.54 Å². The molecule has 0 aliphatic carbocycles. The minimum Gasteiger partial charge on any atom is -0.386 e. The fraction of sp³-hybridized carbons (Fsp3) is 0.438. The van der Waals surface area contributed by atoms with Crippen molar-refractivity contribution in [2.24, 2.45) is 0 Å². The number of alkyl halides is 2. The topological polar surface area (TPSA) is 37.3 Å². The fourth-order valence-electron chi connectivity index (χ4n) is 1.61. The first-order chi connectivity index (χ1) is 9.63. The van der Waals surface area contributed by atoms with Crippen LogP contribution in [0, 0.1) is 11.5 Å². The lowest BCUT2D eigenvalue weighted by Crippen LogP contribution is -2.41. The van der Waals surface area contributed by atoms with E-state index in [1.165, 1.54) is 0 Å². The first kappa shape index (κ1) is 17.5. The molecule has 2 nitrogen and oxygen atoms in total. The van der Waals surface area contributed by atoms with Crippen molar-refractivity contribution >= 4 is 13.9 Å². The lowest BCUT2D eigenvalue weighted by Gasteiger charge is -2.19. The Kier molecular flexibility index (Phi) is 5.82. The van der Waals surface area contributed by atoms with Gasteiger partial charge in [-0.1, -0.05) is 50.0 Å². The molecule has 1 aromatic carbocycles. The highest BCUT2D eigenvalue weighted by Crippen LogP contribution is 2.23. The predicted octanol–water partition coefficient (Wildman–Crippen LogP) is 3.07. The van der Waals surface area contributed by atoms with Crippen molar-refractivity contribution in [2.45, 2.75) is 44.5 Å². The summed E-state index contributed by atoms with van der Waals surface area (Å²) in [6.45, 7) is 5.58. The number of benzene rings is 1. The molecule has 1 unspecified atom stereocenters. The Morgan fingerprint density at radius 1 is 1.29 bits per heavy atom. The van der Waals surface area contributed by atoms with Gasteiger partial charge in [-0.3, -0.25) is 4.79 Å². The van der Waals surface area contributed by atoms with E-state index in [4.69, 9.17) is 0 Å². The third-order valence-electron chi connectivity index (χ3n) is 2.82. The molecule has 0 heterocycles. The standard InChI is InChI=1S/C16H20F2O2Si/c1-21(2,3)12-11-15(20)16(17,18)14(19)10-9-13-7-5-4-6-8-13/h4-8,14,19H,9-10H2,1-3H3. The summed E-state index contributed by atoms with van der Waals surface area (Å²) in [6, 6.07) is 8.99. The van der Waals surface area contributed by atoms with Crippen LogP contribution in [0.3, 0.4) is 0 Å². The molecule has 0 saturated carbocycles. The summed E-state index contributed by atoms with van der Waals surface area (Å²) in [4.78, 5) is 11.5. The number of rotatable bonds is 5. The van der Waals surface area contributed by atoms with Gasteiger partial charge in [0.1, 0.15) is 14.2 Å². The second-order valence-electron chi connectivity index (χ2n) is 5.99. The van der Waals surface area contributed by atoms with E-state index in [0.29, 0.717) is 0 Å². The van der Waals surface area contributed by atoms with Crippen LogP contribution in [0.1, 0.15) is 12.0 Å². The van der Waals surface area contributed by atoms with Crippen LogP contribution in [0.5, 0.6) is 0 Å². The van der Waals surface area contributed by atoms with Gasteiger partial charge in [-0.15, -0.1) is 5.54 Å². The molecule has 0 amide bonds. The molecule has 0 fully saturated rings. The van der Waals surface area contributed by atoms with E-state index >= 15 is 0 Å². The zero-order valence-electron chi connectivity index (χ0n) is 12.5. The normalized spacial score (nSPS) is 13.2. The number of aliphatic hydroxyl groups excluding tert-OH is 1. The SMILES string of the molecule is C[Si](C)(C)C#CC(=O)C(F)(F)C(O)CCc1ccccc1. The van der Waals surface area contributed by atoms with Gasteiger partial charge in [-0.05, 0) is 24.3 Å². The molecule has 0 spiro atoms. The van der Waals surface area contributed by atoms with Gasteiger partial charge in [0.05, 0.1) is 0 Å².